The molecular formula is C13H29IN2. The molecule has 0 bridgehead atoms. The zero-order chi connectivity index (χ0) is 13.0. The van der Waals surface area contributed by atoms with Crippen molar-refractivity contribution in [1.82, 2.24) is 9.80 Å². The van der Waals surface area contributed by atoms with E-state index in [1.807, 2.05) is 0 Å². The Kier molecular flexibility index (Phi) is 6.81. The lowest BCUT2D eigenvalue weighted by Crippen LogP contribution is -2.63. The van der Waals surface area contributed by atoms with E-state index >= 15 is 0 Å². The van der Waals surface area contributed by atoms with Gasteiger partial charge in [-0.05, 0) is 48.8 Å². The Morgan fingerprint density at radius 3 is 1.12 bits per heavy atom. The van der Waals surface area contributed by atoms with Gasteiger partial charge in [0.2, 0.25) is 0 Å². The van der Waals surface area contributed by atoms with Crippen molar-refractivity contribution >= 4 is 22.6 Å². The van der Waals surface area contributed by atoms with Crippen LogP contribution in [-0.4, -0.2) is 39.6 Å². The molecule has 16 heavy (non-hydrogen) atoms. The lowest BCUT2D eigenvalue weighted by molar-refractivity contribution is -0.0355. The summed E-state index contributed by atoms with van der Waals surface area (Å²) in [5.74, 6) is 0. The molecule has 0 aliphatic carbocycles. The monoisotopic (exact) mass is 340 g/mol. The summed E-state index contributed by atoms with van der Waals surface area (Å²) in [5, 5.41) is 0. The number of hydrogen-bond acceptors (Lipinski definition) is 2. The van der Waals surface area contributed by atoms with Crippen LogP contribution in [0.5, 0.6) is 0 Å². The molecule has 0 saturated heterocycles. The van der Waals surface area contributed by atoms with Crippen LogP contribution < -0.4 is 0 Å². The van der Waals surface area contributed by atoms with Crippen molar-refractivity contribution in [3.8, 4) is 0 Å². The molecule has 0 saturated carbocycles. The van der Waals surface area contributed by atoms with E-state index in [4.69, 9.17) is 0 Å². The Morgan fingerprint density at radius 1 is 0.750 bits per heavy atom. The third-order valence-corrected chi connectivity index (χ3v) is 6.30. The van der Waals surface area contributed by atoms with Crippen molar-refractivity contribution in [2.45, 2.75) is 52.1 Å². The predicted molar refractivity (Wildman–Crippen MR) is 82.0 cm³/mol. The van der Waals surface area contributed by atoms with Crippen molar-refractivity contribution in [2.75, 3.05) is 26.2 Å². The Labute approximate surface area is 116 Å². The smallest absolute Gasteiger partial charge is 0.132 e. The standard InChI is InChI=1S/C13H29IN2/c1-8-15(9-2)13(14,12(5,6)7)16(10-3)11-4/h8-11H2,1-7H3. The zero-order valence-electron chi connectivity index (χ0n) is 12.1. The highest BCUT2D eigenvalue weighted by Gasteiger charge is 2.47. The van der Waals surface area contributed by atoms with Crippen LogP contribution >= 0.6 is 22.6 Å². The Morgan fingerprint density at radius 2 is 1.00 bits per heavy atom. The molecular weight excluding hydrogens is 311 g/mol. The fraction of sp³-hybridized carbons (Fsp3) is 1.00. The second-order valence-corrected chi connectivity index (χ2v) is 6.69. The number of halogens is 1. The van der Waals surface area contributed by atoms with Crippen LogP contribution in [0, 0.1) is 5.41 Å². The van der Waals surface area contributed by atoms with Gasteiger partial charge in [-0.2, -0.15) is 0 Å². The van der Waals surface area contributed by atoms with Gasteiger partial charge in [-0.15, -0.1) is 0 Å². The molecule has 0 radical (unpaired) electrons. The van der Waals surface area contributed by atoms with E-state index < -0.39 is 0 Å². The second kappa shape index (κ2) is 6.55. The molecule has 0 spiro atoms. The maximum atomic E-state index is 2.66. The summed E-state index contributed by atoms with van der Waals surface area (Å²) in [7, 11) is 0. The summed E-state index contributed by atoms with van der Waals surface area (Å²) in [6, 6.07) is 0. The highest BCUT2D eigenvalue weighted by atomic mass is 127. The van der Waals surface area contributed by atoms with Crippen molar-refractivity contribution in [2.24, 2.45) is 5.41 Å². The van der Waals surface area contributed by atoms with Gasteiger partial charge in [-0.25, -0.2) is 0 Å². The lowest BCUT2D eigenvalue weighted by atomic mass is 9.89. The number of hydrogen-bond donors (Lipinski definition) is 0. The van der Waals surface area contributed by atoms with Crippen molar-refractivity contribution < 1.29 is 0 Å². The molecule has 0 unspecified atom stereocenters. The SMILES string of the molecule is CCN(CC)C(I)(N(CC)CC)C(C)(C)C. The van der Waals surface area contributed by atoms with Crippen LogP contribution in [0.2, 0.25) is 0 Å². The normalized spacial score (nSPS) is 13.9. The molecule has 0 aromatic rings. The van der Waals surface area contributed by atoms with Gasteiger partial charge in [0, 0.05) is 5.41 Å². The van der Waals surface area contributed by atoms with Crippen LogP contribution in [0.25, 0.3) is 0 Å². The third-order valence-electron chi connectivity index (χ3n) is 3.32. The van der Waals surface area contributed by atoms with Crippen molar-refractivity contribution in [1.29, 1.82) is 0 Å². The van der Waals surface area contributed by atoms with E-state index in [-0.39, 0.29) is 9.08 Å². The molecule has 3 heteroatoms. The molecule has 0 amide bonds. The summed E-state index contributed by atoms with van der Waals surface area (Å²) in [4.78, 5) is 5.14. The summed E-state index contributed by atoms with van der Waals surface area (Å²) in [5.41, 5.74) is 0.242. The highest BCUT2D eigenvalue weighted by molar-refractivity contribution is 14.1. The van der Waals surface area contributed by atoms with Crippen LogP contribution in [0.1, 0.15) is 48.5 Å². The quantitative estimate of drug-likeness (QED) is 0.314. The van der Waals surface area contributed by atoms with Crippen LogP contribution in [-0.2, 0) is 0 Å². The summed E-state index contributed by atoms with van der Waals surface area (Å²) in [6.45, 7) is 20.5. The van der Waals surface area contributed by atoms with E-state index in [2.05, 4.69) is 80.9 Å². The van der Waals surface area contributed by atoms with Gasteiger partial charge in [0.15, 0.2) is 0 Å². The maximum Gasteiger partial charge on any atom is 0.132 e. The molecule has 0 heterocycles. The van der Waals surface area contributed by atoms with Gasteiger partial charge >= 0.3 is 0 Å². The average Bonchev–Trinajstić information content (AvgIpc) is 2.19. The van der Waals surface area contributed by atoms with Crippen LogP contribution in [0.15, 0.2) is 0 Å². The first kappa shape index (κ1) is 16.6. The summed E-state index contributed by atoms with van der Waals surface area (Å²) in [6.07, 6.45) is 0. The highest BCUT2D eigenvalue weighted by Crippen LogP contribution is 2.44. The minimum atomic E-state index is 0.109. The summed E-state index contributed by atoms with van der Waals surface area (Å²) < 4.78 is 0.109. The van der Waals surface area contributed by atoms with E-state index in [1.54, 1.807) is 0 Å². The topological polar surface area (TPSA) is 6.48 Å². The first-order valence-electron chi connectivity index (χ1n) is 6.48. The number of rotatable bonds is 6. The van der Waals surface area contributed by atoms with Gasteiger partial charge < -0.3 is 0 Å². The van der Waals surface area contributed by atoms with Gasteiger partial charge in [0.05, 0.1) is 0 Å². The molecule has 0 atom stereocenters. The fourth-order valence-electron chi connectivity index (χ4n) is 2.43. The molecule has 0 aromatic heterocycles. The lowest BCUT2D eigenvalue weighted by Gasteiger charge is -2.53. The van der Waals surface area contributed by atoms with Gasteiger partial charge in [-0.1, -0.05) is 48.5 Å². The second-order valence-electron chi connectivity index (χ2n) is 5.18. The molecule has 98 valence electrons. The number of alkyl halides is 1. The molecule has 0 N–H and O–H groups in total. The fourth-order valence-corrected chi connectivity index (χ4v) is 3.80. The Hall–Kier alpha value is 0.650. The van der Waals surface area contributed by atoms with Crippen molar-refractivity contribution in [3.63, 3.8) is 0 Å². The minimum absolute atomic E-state index is 0.109. The van der Waals surface area contributed by atoms with Gasteiger partial charge in [0.25, 0.3) is 0 Å². The maximum absolute atomic E-state index is 2.66. The van der Waals surface area contributed by atoms with Crippen LogP contribution in [0.3, 0.4) is 0 Å². The molecule has 0 aromatic carbocycles. The average molecular weight is 340 g/mol. The van der Waals surface area contributed by atoms with Gasteiger partial charge in [-0.3, -0.25) is 9.80 Å². The largest absolute Gasteiger partial charge is 0.277 e. The molecule has 0 aliphatic rings. The van der Waals surface area contributed by atoms with E-state index in [9.17, 15) is 0 Å². The van der Waals surface area contributed by atoms with Crippen LogP contribution in [0.4, 0.5) is 0 Å². The molecule has 0 aliphatic heterocycles. The Bertz CT molecular complexity index is 179. The molecule has 0 fully saturated rings. The summed E-state index contributed by atoms with van der Waals surface area (Å²) >= 11 is 2.66. The van der Waals surface area contributed by atoms with Crippen molar-refractivity contribution in [3.05, 3.63) is 0 Å². The Balaban J connectivity index is 5.33. The molecule has 0 rings (SSSR count). The van der Waals surface area contributed by atoms with E-state index in [0.717, 1.165) is 26.2 Å². The predicted octanol–water partition coefficient (Wildman–Crippen LogP) is 3.80. The third kappa shape index (κ3) is 3.10. The minimum Gasteiger partial charge on any atom is -0.277 e. The van der Waals surface area contributed by atoms with Gasteiger partial charge in [0.1, 0.15) is 3.67 Å². The van der Waals surface area contributed by atoms with E-state index in [1.165, 1.54) is 0 Å². The zero-order valence-corrected chi connectivity index (χ0v) is 14.3. The first-order valence-corrected chi connectivity index (χ1v) is 7.56. The molecule has 2 nitrogen and oxygen atoms in total. The first-order chi connectivity index (χ1) is 7.29. The number of nitrogens with zero attached hydrogens (tertiary/aromatic N) is 2. The van der Waals surface area contributed by atoms with E-state index in [0.29, 0.717) is 0 Å².